The zero-order chi connectivity index (χ0) is 18.8. The molecule has 3 rings (SSSR count). The Morgan fingerprint density at radius 1 is 1.08 bits per heavy atom. The van der Waals surface area contributed by atoms with Gasteiger partial charge in [0.2, 0.25) is 0 Å². The summed E-state index contributed by atoms with van der Waals surface area (Å²) in [5.74, 6) is 0.391. The summed E-state index contributed by atoms with van der Waals surface area (Å²) in [5.41, 5.74) is 1.77. The molecule has 2 aromatic heterocycles. The summed E-state index contributed by atoms with van der Waals surface area (Å²) in [6.45, 7) is 12.2. The molecule has 134 valence electrons. The Bertz CT molecular complexity index is 1080. The van der Waals surface area contributed by atoms with Crippen LogP contribution >= 0.6 is 0 Å². The number of hydrogen-bond acceptors (Lipinski definition) is 3. The van der Waals surface area contributed by atoms with E-state index in [0.717, 1.165) is 0 Å². The lowest BCUT2D eigenvalue weighted by Gasteiger charge is -2.12. The average molecular weight is 350 g/mol. The molecule has 0 amide bonds. The molecule has 0 aliphatic carbocycles. The van der Waals surface area contributed by atoms with Crippen molar-refractivity contribution in [3.05, 3.63) is 82.3 Å². The van der Waals surface area contributed by atoms with Gasteiger partial charge in [0.15, 0.2) is 11.2 Å². The summed E-state index contributed by atoms with van der Waals surface area (Å²) in [6.07, 6.45) is 4.78. The fraction of sp³-hybridized carbons (Fsp3) is 0.250. The van der Waals surface area contributed by atoms with Crippen LogP contribution in [-0.4, -0.2) is 18.7 Å². The molecule has 0 bridgehead atoms. The van der Waals surface area contributed by atoms with Crippen LogP contribution < -0.4 is 11.2 Å². The molecule has 0 unspecified atom stereocenters. The fourth-order valence-corrected chi connectivity index (χ4v) is 2.99. The second-order valence-corrected chi connectivity index (χ2v) is 6.43. The summed E-state index contributed by atoms with van der Waals surface area (Å²) in [6, 6.07) is 7.74. The number of rotatable bonds is 6. The number of allylic oxidation sites excluding steroid dienone is 2. The van der Waals surface area contributed by atoms with Crippen molar-refractivity contribution >= 4 is 11.2 Å². The predicted octanol–water partition coefficient (Wildman–Crippen LogP) is 2.84. The van der Waals surface area contributed by atoms with Crippen LogP contribution in [0.5, 0.6) is 0 Å². The molecule has 6 heteroatoms. The van der Waals surface area contributed by atoms with Crippen LogP contribution in [0.2, 0.25) is 0 Å². The van der Waals surface area contributed by atoms with E-state index < -0.39 is 5.69 Å². The van der Waals surface area contributed by atoms with E-state index >= 15 is 0 Å². The van der Waals surface area contributed by atoms with E-state index in [4.69, 9.17) is 0 Å². The van der Waals surface area contributed by atoms with Gasteiger partial charge in [0, 0.05) is 13.1 Å². The van der Waals surface area contributed by atoms with Crippen LogP contribution in [0.1, 0.15) is 25.3 Å². The van der Waals surface area contributed by atoms with Gasteiger partial charge in [-0.3, -0.25) is 9.36 Å². The third-order valence-corrected chi connectivity index (χ3v) is 4.36. The molecule has 0 saturated heterocycles. The highest BCUT2D eigenvalue weighted by molar-refractivity contribution is 5.72. The topological polar surface area (TPSA) is 61.8 Å². The summed E-state index contributed by atoms with van der Waals surface area (Å²) >= 11 is 0. The van der Waals surface area contributed by atoms with Crippen LogP contribution in [-0.2, 0) is 13.1 Å². The van der Waals surface area contributed by atoms with Gasteiger partial charge < -0.3 is 4.57 Å². The largest absolute Gasteiger partial charge is 0.337 e. The predicted molar refractivity (Wildman–Crippen MR) is 104 cm³/mol. The van der Waals surface area contributed by atoms with Crippen molar-refractivity contribution in [2.75, 3.05) is 0 Å². The van der Waals surface area contributed by atoms with Crippen molar-refractivity contribution in [1.29, 1.82) is 0 Å². The molecule has 0 atom stereocenters. The molecule has 6 nitrogen and oxygen atoms in total. The van der Waals surface area contributed by atoms with Gasteiger partial charge >= 0.3 is 5.69 Å². The maximum atomic E-state index is 13.0. The van der Waals surface area contributed by atoms with Crippen molar-refractivity contribution in [2.24, 2.45) is 0 Å². The van der Waals surface area contributed by atoms with E-state index in [-0.39, 0.29) is 12.1 Å². The quantitative estimate of drug-likeness (QED) is 0.642. The zero-order valence-corrected chi connectivity index (χ0v) is 15.1. The van der Waals surface area contributed by atoms with Crippen LogP contribution in [0.3, 0.4) is 0 Å². The monoisotopic (exact) mass is 350 g/mol. The molecule has 1 aromatic carbocycles. The van der Waals surface area contributed by atoms with Crippen LogP contribution in [0.15, 0.2) is 65.5 Å². The Morgan fingerprint density at radius 3 is 2.31 bits per heavy atom. The SMILES string of the molecule is C=CCn1c(=O)c2c(ncn2CC=C)n(-c2ccc(C(C)C)cc2)c1=O. The lowest BCUT2D eigenvalue weighted by atomic mass is 10.0. The van der Waals surface area contributed by atoms with E-state index in [2.05, 4.69) is 32.0 Å². The van der Waals surface area contributed by atoms with Crippen LogP contribution in [0, 0.1) is 0 Å². The molecule has 26 heavy (non-hydrogen) atoms. The number of aromatic nitrogens is 4. The first-order valence-corrected chi connectivity index (χ1v) is 8.52. The third kappa shape index (κ3) is 2.83. The molecule has 0 aliphatic heterocycles. The van der Waals surface area contributed by atoms with Gasteiger partial charge in [0.1, 0.15) is 0 Å². The van der Waals surface area contributed by atoms with Gasteiger partial charge in [0.25, 0.3) is 5.56 Å². The Hall–Kier alpha value is -3.15. The Morgan fingerprint density at radius 2 is 1.73 bits per heavy atom. The second-order valence-electron chi connectivity index (χ2n) is 6.43. The normalized spacial score (nSPS) is 11.2. The Kier molecular flexibility index (Phi) is 4.75. The summed E-state index contributed by atoms with van der Waals surface area (Å²) in [7, 11) is 0. The van der Waals surface area contributed by atoms with Crippen molar-refractivity contribution < 1.29 is 0 Å². The third-order valence-electron chi connectivity index (χ3n) is 4.36. The number of nitrogens with zero attached hydrogens (tertiary/aromatic N) is 4. The first kappa shape index (κ1) is 17.7. The summed E-state index contributed by atoms with van der Waals surface area (Å²) < 4.78 is 4.35. The van der Waals surface area contributed by atoms with Gasteiger partial charge in [-0.25, -0.2) is 14.3 Å². The van der Waals surface area contributed by atoms with Gasteiger partial charge in [-0.2, -0.15) is 0 Å². The maximum Gasteiger partial charge on any atom is 0.337 e. The summed E-state index contributed by atoms with van der Waals surface area (Å²) in [4.78, 5) is 30.2. The molecular weight excluding hydrogens is 328 g/mol. The van der Waals surface area contributed by atoms with Crippen molar-refractivity contribution in [3.8, 4) is 5.69 Å². The summed E-state index contributed by atoms with van der Waals surface area (Å²) in [5, 5.41) is 0. The smallest absolute Gasteiger partial charge is 0.321 e. The van der Waals surface area contributed by atoms with Gasteiger partial charge in [-0.15, -0.1) is 13.2 Å². The first-order valence-electron chi connectivity index (χ1n) is 8.52. The number of fused-ring (bicyclic) bond motifs is 1. The van der Waals surface area contributed by atoms with Crippen LogP contribution in [0.4, 0.5) is 0 Å². The molecule has 0 saturated carbocycles. The Labute approximate surface area is 151 Å². The zero-order valence-electron chi connectivity index (χ0n) is 15.1. The molecular formula is C20H22N4O2. The number of hydrogen-bond donors (Lipinski definition) is 0. The van der Waals surface area contributed by atoms with Gasteiger partial charge in [-0.1, -0.05) is 38.1 Å². The number of benzene rings is 1. The van der Waals surface area contributed by atoms with E-state index in [1.54, 1.807) is 17.0 Å². The lowest BCUT2D eigenvalue weighted by Crippen LogP contribution is -2.39. The minimum absolute atomic E-state index is 0.136. The highest BCUT2D eigenvalue weighted by atomic mass is 16.2. The molecule has 0 radical (unpaired) electrons. The molecule has 0 fully saturated rings. The Balaban J connectivity index is 2.36. The highest BCUT2D eigenvalue weighted by Gasteiger charge is 2.18. The first-order chi connectivity index (χ1) is 12.5. The molecule has 0 N–H and O–H groups in total. The van der Waals surface area contributed by atoms with Gasteiger partial charge in [0.05, 0.1) is 12.0 Å². The minimum atomic E-state index is -0.427. The second kappa shape index (κ2) is 7.00. The van der Waals surface area contributed by atoms with Crippen molar-refractivity contribution in [2.45, 2.75) is 32.9 Å². The average Bonchev–Trinajstić information content (AvgIpc) is 3.03. The minimum Gasteiger partial charge on any atom is -0.321 e. The van der Waals surface area contributed by atoms with Crippen LogP contribution in [0.25, 0.3) is 16.9 Å². The van der Waals surface area contributed by atoms with Crippen molar-refractivity contribution in [3.63, 3.8) is 0 Å². The molecule has 2 heterocycles. The number of imidazole rings is 1. The van der Waals surface area contributed by atoms with E-state index in [1.165, 1.54) is 20.8 Å². The van der Waals surface area contributed by atoms with Gasteiger partial charge in [-0.05, 0) is 23.6 Å². The van der Waals surface area contributed by atoms with E-state index in [9.17, 15) is 9.59 Å². The van der Waals surface area contributed by atoms with E-state index in [1.807, 2.05) is 24.3 Å². The molecule has 3 aromatic rings. The lowest BCUT2D eigenvalue weighted by molar-refractivity contribution is 0.690. The van der Waals surface area contributed by atoms with E-state index in [0.29, 0.717) is 29.3 Å². The maximum absolute atomic E-state index is 13.0. The molecule has 0 spiro atoms. The van der Waals surface area contributed by atoms with Crippen molar-refractivity contribution in [1.82, 2.24) is 18.7 Å². The fourth-order valence-electron chi connectivity index (χ4n) is 2.99. The molecule has 0 aliphatic rings. The highest BCUT2D eigenvalue weighted by Crippen LogP contribution is 2.18. The standard InChI is InChI=1S/C20H22N4O2/c1-5-11-22-13-21-18-17(22)19(25)23(12-6-2)20(26)24(18)16-9-7-15(8-10-16)14(3)4/h5-10,13-14H,1-2,11-12H2,3-4H3.